The summed E-state index contributed by atoms with van der Waals surface area (Å²) in [4.78, 5) is 10.9. The topological polar surface area (TPSA) is 26.3 Å². The lowest BCUT2D eigenvalue weighted by atomic mass is 9.90. The lowest BCUT2D eigenvalue weighted by Gasteiger charge is -2.15. The molecule has 0 aromatic heterocycles. The van der Waals surface area contributed by atoms with Gasteiger partial charge in [-0.1, -0.05) is 25.2 Å². The van der Waals surface area contributed by atoms with Gasteiger partial charge in [-0.2, -0.15) is 0 Å². The molecular weight excluding hydrogens is 164 g/mol. The molecule has 2 heteroatoms. The number of hydrogen-bond acceptors (Lipinski definition) is 2. The van der Waals surface area contributed by atoms with Crippen molar-refractivity contribution in [1.29, 1.82) is 0 Å². The summed E-state index contributed by atoms with van der Waals surface area (Å²) >= 11 is 0. The van der Waals surface area contributed by atoms with Crippen LogP contribution in [0.1, 0.15) is 39.0 Å². The highest BCUT2D eigenvalue weighted by molar-refractivity contribution is 5.88. The number of carbonyl (C=O) groups is 1. The van der Waals surface area contributed by atoms with Crippen molar-refractivity contribution >= 4 is 5.97 Å². The van der Waals surface area contributed by atoms with Gasteiger partial charge in [0.05, 0.1) is 6.61 Å². The second kappa shape index (κ2) is 5.64. The van der Waals surface area contributed by atoms with Crippen molar-refractivity contribution in [2.75, 3.05) is 6.61 Å². The molecule has 0 aromatic carbocycles. The third kappa shape index (κ3) is 3.98. The first-order chi connectivity index (χ1) is 6.33. The van der Waals surface area contributed by atoms with Gasteiger partial charge in [0, 0.05) is 11.8 Å². The van der Waals surface area contributed by atoms with Crippen LogP contribution in [0.25, 0.3) is 0 Å². The molecule has 0 spiro atoms. The van der Waals surface area contributed by atoms with Gasteiger partial charge >= 0.3 is 5.97 Å². The Morgan fingerprint density at radius 3 is 2.69 bits per heavy atom. The van der Waals surface area contributed by atoms with Gasteiger partial charge in [-0.25, -0.2) is 4.79 Å². The highest BCUT2D eigenvalue weighted by Gasteiger charge is 2.10. The highest BCUT2D eigenvalue weighted by Crippen LogP contribution is 2.22. The molecule has 0 saturated heterocycles. The zero-order valence-corrected chi connectivity index (χ0v) is 8.14. The Morgan fingerprint density at radius 2 is 2.08 bits per heavy atom. The van der Waals surface area contributed by atoms with E-state index in [0.29, 0.717) is 12.5 Å². The van der Waals surface area contributed by atoms with Gasteiger partial charge < -0.3 is 4.74 Å². The summed E-state index contributed by atoms with van der Waals surface area (Å²) in [6.07, 6.45) is 6.11. The highest BCUT2D eigenvalue weighted by atomic mass is 16.5. The number of ether oxygens (including phenoxy) is 1. The van der Waals surface area contributed by atoms with Gasteiger partial charge in [0.15, 0.2) is 0 Å². The fraction of sp³-hybridized carbons (Fsp3) is 0.727. The quantitative estimate of drug-likeness (QED) is 0.351. The van der Waals surface area contributed by atoms with Gasteiger partial charge in [-0.15, -0.1) is 0 Å². The van der Waals surface area contributed by atoms with Crippen molar-refractivity contribution < 1.29 is 9.53 Å². The predicted molar refractivity (Wildman–Crippen MR) is 51.0 cm³/mol. The van der Waals surface area contributed by atoms with Crippen LogP contribution in [0.15, 0.2) is 0 Å². The normalized spacial score (nSPS) is 17.3. The molecule has 72 valence electrons. The molecule has 0 aromatic rings. The zero-order valence-electron chi connectivity index (χ0n) is 8.14. The predicted octanol–water partition coefficient (Wildman–Crippen LogP) is 2.13. The van der Waals surface area contributed by atoms with E-state index in [1.807, 2.05) is 0 Å². The van der Waals surface area contributed by atoms with Gasteiger partial charge in [-0.05, 0) is 19.8 Å². The Kier molecular flexibility index (Phi) is 4.39. The Labute approximate surface area is 79.7 Å². The average Bonchev–Trinajstić information content (AvgIpc) is 2.17. The molecule has 0 N–H and O–H groups in total. The molecule has 0 amide bonds. The van der Waals surface area contributed by atoms with Crippen LogP contribution in [-0.4, -0.2) is 12.6 Å². The first-order valence-electron chi connectivity index (χ1n) is 5.01. The van der Waals surface area contributed by atoms with Crippen molar-refractivity contribution in [3.8, 4) is 11.8 Å². The Balaban J connectivity index is 2.31. The molecule has 1 rings (SSSR count). The fourth-order valence-electron chi connectivity index (χ4n) is 1.58. The molecule has 1 fully saturated rings. The SMILES string of the molecule is CCOC(=O)C#CC1CCCCC1. The summed E-state index contributed by atoms with van der Waals surface area (Å²) in [6.45, 7) is 2.21. The van der Waals surface area contributed by atoms with E-state index in [2.05, 4.69) is 11.8 Å². The lowest BCUT2D eigenvalue weighted by Crippen LogP contribution is -2.05. The van der Waals surface area contributed by atoms with Gasteiger partial charge in [0.25, 0.3) is 0 Å². The van der Waals surface area contributed by atoms with E-state index in [0.717, 1.165) is 12.8 Å². The molecule has 0 aliphatic heterocycles. The number of rotatable bonds is 1. The minimum atomic E-state index is -0.381. The van der Waals surface area contributed by atoms with Crippen molar-refractivity contribution in [3.05, 3.63) is 0 Å². The van der Waals surface area contributed by atoms with Gasteiger partial charge in [0.1, 0.15) is 0 Å². The van der Waals surface area contributed by atoms with E-state index in [4.69, 9.17) is 4.74 Å². The Bertz CT molecular complexity index is 216. The molecule has 1 saturated carbocycles. The van der Waals surface area contributed by atoms with E-state index < -0.39 is 0 Å². The number of esters is 1. The van der Waals surface area contributed by atoms with Gasteiger partial charge in [0.2, 0.25) is 0 Å². The summed E-state index contributed by atoms with van der Waals surface area (Å²) in [5, 5.41) is 0. The molecule has 2 nitrogen and oxygen atoms in total. The van der Waals surface area contributed by atoms with E-state index in [-0.39, 0.29) is 5.97 Å². The van der Waals surface area contributed by atoms with E-state index in [1.54, 1.807) is 6.92 Å². The molecule has 0 atom stereocenters. The third-order valence-corrected chi connectivity index (χ3v) is 2.26. The Hall–Kier alpha value is -0.970. The van der Waals surface area contributed by atoms with Crippen LogP contribution < -0.4 is 0 Å². The standard InChI is InChI=1S/C11H16O2/c1-2-13-11(12)9-8-10-6-4-3-5-7-10/h10H,2-7H2,1H3. The van der Waals surface area contributed by atoms with Crippen LogP contribution in [-0.2, 0) is 9.53 Å². The van der Waals surface area contributed by atoms with Crippen molar-refractivity contribution in [1.82, 2.24) is 0 Å². The summed E-state index contributed by atoms with van der Waals surface area (Å²) < 4.78 is 4.72. The molecule has 0 unspecified atom stereocenters. The van der Waals surface area contributed by atoms with Crippen LogP contribution in [0.3, 0.4) is 0 Å². The second-order valence-electron chi connectivity index (χ2n) is 3.32. The van der Waals surface area contributed by atoms with Crippen LogP contribution in [0, 0.1) is 17.8 Å². The van der Waals surface area contributed by atoms with E-state index >= 15 is 0 Å². The molecule has 1 aliphatic rings. The average molecular weight is 180 g/mol. The van der Waals surface area contributed by atoms with Crippen LogP contribution in [0.2, 0.25) is 0 Å². The van der Waals surface area contributed by atoms with Crippen LogP contribution in [0.4, 0.5) is 0 Å². The summed E-state index contributed by atoms with van der Waals surface area (Å²) in [7, 11) is 0. The minimum absolute atomic E-state index is 0.381. The summed E-state index contributed by atoms with van der Waals surface area (Å²) in [5.74, 6) is 5.57. The lowest BCUT2D eigenvalue weighted by molar-refractivity contribution is -0.136. The zero-order chi connectivity index (χ0) is 9.52. The first kappa shape index (κ1) is 10.1. The van der Waals surface area contributed by atoms with Crippen LogP contribution in [0.5, 0.6) is 0 Å². The molecular formula is C11H16O2. The Morgan fingerprint density at radius 1 is 1.38 bits per heavy atom. The maximum absolute atomic E-state index is 10.9. The van der Waals surface area contributed by atoms with Gasteiger partial charge in [-0.3, -0.25) is 0 Å². The molecule has 13 heavy (non-hydrogen) atoms. The minimum Gasteiger partial charge on any atom is -0.456 e. The number of hydrogen-bond donors (Lipinski definition) is 0. The molecule has 0 heterocycles. The largest absolute Gasteiger partial charge is 0.456 e. The van der Waals surface area contributed by atoms with Crippen molar-refractivity contribution in [3.63, 3.8) is 0 Å². The maximum Gasteiger partial charge on any atom is 0.384 e. The summed E-state index contributed by atoms with van der Waals surface area (Å²) in [5.41, 5.74) is 0. The smallest absolute Gasteiger partial charge is 0.384 e. The molecule has 0 radical (unpaired) electrons. The second-order valence-corrected chi connectivity index (χ2v) is 3.32. The monoisotopic (exact) mass is 180 g/mol. The third-order valence-electron chi connectivity index (χ3n) is 2.26. The first-order valence-corrected chi connectivity index (χ1v) is 5.01. The molecule has 0 bridgehead atoms. The van der Waals surface area contributed by atoms with E-state index in [9.17, 15) is 4.79 Å². The van der Waals surface area contributed by atoms with Crippen molar-refractivity contribution in [2.45, 2.75) is 39.0 Å². The fourth-order valence-corrected chi connectivity index (χ4v) is 1.58. The number of carbonyl (C=O) groups excluding carboxylic acids is 1. The molecule has 1 aliphatic carbocycles. The van der Waals surface area contributed by atoms with Crippen LogP contribution >= 0.6 is 0 Å². The van der Waals surface area contributed by atoms with E-state index in [1.165, 1.54) is 19.3 Å². The maximum atomic E-state index is 10.9. The summed E-state index contributed by atoms with van der Waals surface area (Å²) in [6, 6.07) is 0. The van der Waals surface area contributed by atoms with Crippen molar-refractivity contribution in [2.24, 2.45) is 5.92 Å².